The van der Waals surface area contributed by atoms with E-state index < -0.39 is 18.2 Å². The number of aliphatic hydroxyl groups excluding tert-OH is 2. The number of esters is 2. The molecule has 2 aliphatic rings. The minimum Gasteiger partial charge on any atom is -0.469 e. The highest BCUT2D eigenvalue weighted by Gasteiger charge is 2.41. The van der Waals surface area contributed by atoms with Crippen molar-refractivity contribution >= 4 is 11.9 Å². The minimum absolute atomic E-state index is 0.113. The third-order valence-electron chi connectivity index (χ3n) is 6.88. The molecule has 0 aromatic rings. The number of allylic oxidation sites excluding steroid dienone is 3. The normalized spacial score (nSPS) is 30.5. The van der Waals surface area contributed by atoms with Gasteiger partial charge in [-0.1, -0.05) is 45.9 Å². The van der Waals surface area contributed by atoms with Gasteiger partial charge in [-0.05, 0) is 55.4 Å². The maximum absolute atomic E-state index is 12.5. The molecule has 0 radical (unpaired) electrons. The lowest BCUT2D eigenvalue weighted by Crippen LogP contribution is -2.41. The zero-order valence-corrected chi connectivity index (χ0v) is 19.6. The Morgan fingerprint density at radius 2 is 1.94 bits per heavy atom. The number of aliphatic hydroxyl groups is 2. The second-order valence-electron chi connectivity index (χ2n) is 9.47. The molecule has 0 aliphatic heterocycles. The van der Waals surface area contributed by atoms with Crippen molar-refractivity contribution in [1.29, 1.82) is 0 Å². The molecule has 0 saturated heterocycles. The van der Waals surface area contributed by atoms with Crippen molar-refractivity contribution in [3.63, 3.8) is 0 Å². The first-order chi connectivity index (χ1) is 14.7. The maximum Gasteiger partial charge on any atom is 0.308 e. The summed E-state index contributed by atoms with van der Waals surface area (Å²) in [6.07, 6.45) is 7.76. The predicted octanol–water partition coefficient (Wildman–Crippen LogP) is 3.80. The zero-order valence-electron chi connectivity index (χ0n) is 19.6. The van der Waals surface area contributed by atoms with Crippen LogP contribution in [-0.4, -0.2) is 47.6 Å². The number of rotatable bonds is 10. The van der Waals surface area contributed by atoms with E-state index in [9.17, 15) is 19.8 Å². The monoisotopic (exact) mass is 436 g/mol. The molecule has 176 valence electrons. The molecule has 6 heteroatoms. The topological polar surface area (TPSA) is 93.1 Å². The van der Waals surface area contributed by atoms with Crippen LogP contribution >= 0.6 is 0 Å². The number of hydrogen-bond donors (Lipinski definition) is 2. The van der Waals surface area contributed by atoms with Crippen LogP contribution in [0.5, 0.6) is 0 Å². The second kappa shape index (κ2) is 11.8. The largest absolute Gasteiger partial charge is 0.469 e. The van der Waals surface area contributed by atoms with E-state index in [0.29, 0.717) is 18.3 Å². The second-order valence-corrected chi connectivity index (χ2v) is 9.47. The number of ether oxygens (including phenoxy) is 2. The van der Waals surface area contributed by atoms with Gasteiger partial charge in [-0.2, -0.15) is 0 Å². The summed E-state index contributed by atoms with van der Waals surface area (Å²) in [5.74, 6) is 0.280. The molecule has 0 aromatic carbocycles. The average Bonchev–Trinajstić information content (AvgIpc) is 2.72. The van der Waals surface area contributed by atoms with Crippen LogP contribution in [-0.2, 0) is 19.1 Å². The lowest BCUT2D eigenvalue weighted by molar-refractivity contribution is -0.158. The molecule has 0 amide bonds. The SMILES string of the molecule is CC[C@H](C)C(=O)O[C@H]1C[C@H](C)C=C2C=C[C@H](C)[C@H](CC[C@H](O)C[C@@H](O)CC(=O)OC)[C@H]21. The average molecular weight is 437 g/mol. The third kappa shape index (κ3) is 7.18. The van der Waals surface area contributed by atoms with Crippen molar-refractivity contribution in [1.82, 2.24) is 0 Å². The van der Waals surface area contributed by atoms with Gasteiger partial charge < -0.3 is 19.7 Å². The van der Waals surface area contributed by atoms with Gasteiger partial charge in [0.15, 0.2) is 0 Å². The van der Waals surface area contributed by atoms with Crippen molar-refractivity contribution in [2.45, 2.75) is 84.5 Å². The first-order valence-corrected chi connectivity index (χ1v) is 11.7. The molecule has 0 fully saturated rings. The summed E-state index contributed by atoms with van der Waals surface area (Å²) in [6.45, 7) is 8.22. The Labute approximate surface area is 186 Å². The lowest BCUT2D eigenvalue weighted by atomic mass is 9.65. The molecule has 31 heavy (non-hydrogen) atoms. The molecule has 0 spiro atoms. The Morgan fingerprint density at radius 1 is 1.23 bits per heavy atom. The molecule has 0 aromatic heterocycles. The van der Waals surface area contributed by atoms with Crippen LogP contribution in [0.2, 0.25) is 0 Å². The Balaban J connectivity index is 2.06. The molecule has 0 unspecified atom stereocenters. The minimum atomic E-state index is -0.915. The van der Waals surface area contributed by atoms with Crippen molar-refractivity contribution in [2.24, 2.45) is 29.6 Å². The molecule has 0 bridgehead atoms. The molecule has 0 saturated carbocycles. The Hall–Kier alpha value is -1.66. The van der Waals surface area contributed by atoms with E-state index in [0.717, 1.165) is 19.3 Å². The van der Waals surface area contributed by atoms with Gasteiger partial charge in [-0.25, -0.2) is 0 Å². The lowest BCUT2D eigenvalue weighted by Gasteiger charge is -2.43. The first kappa shape index (κ1) is 25.6. The predicted molar refractivity (Wildman–Crippen MR) is 119 cm³/mol. The molecular weight excluding hydrogens is 396 g/mol. The number of carbonyl (C=O) groups excluding carboxylic acids is 2. The zero-order chi connectivity index (χ0) is 23.1. The van der Waals surface area contributed by atoms with Gasteiger partial charge in [0.05, 0.1) is 31.7 Å². The summed E-state index contributed by atoms with van der Waals surface area (Å²) in [6, 6.07) is 0. The fourth-order valence-corrected chi connectivity index (χ4v) is 4.83. The van der Waals surface area contributed by atoms with Gasteiger partial charge in [0.25, 0.3) is 0 Å². The van der Waals surface area contributed by atoms with Crippen LogP contribution in [0.25, 0.3) is 0 Å². The van der Waals surface area contributed by atoms with Crippen LogP contribution in [0.15, 0.2) is 23.8 Å². The standard InChI is InChI=1S/C25H40O6/c1-6-16(3)25(29)31-22-12-15(2)11-18-8-7-17(4)21(24(18)22)10-9-19(26)13-20(27)14-23(28)30-5/h7-8,11,15-17,19-22,24,26-27H,6,9-10,12-14H2,1-5H3/t15-,16+,17+,19+,20-,21+,22+,24+/m1/s1. The van der Waals surface area contributed by atoms with Gasteiger partial charge in [0.1, 0.15) is 6.10 Å². The highest BCUT2D eigenvalue weighted by molar-refractivity contribution is 5.72. The van der Waals surface area contributed by atoms with Crippen LogP contribution in [0, 0.1) is 29.6 Å². The van der Waals surface area contributed by atoms with Crippen LogP contribution in [0.3, 0.4) is 0 Å². The smallest absolute Gasteiger partial charge is 0.308 e. The first-order valence-electron chi connectivity index (χ1n) is 11.7. The van der Waals surface area contributed by atoms with Crippen molar-refractivity contribution < 1.29 is 29.3 Å². The maximum atomic E-state index is 12.5. The molecule has 2 N–H and O–H groups in total. The molecular formula is C25H40O6. The Bertz CT molecular complexity index is 669. The van der Waals surface area contributed by atoms with Gasteiger partial charge in [0, 0.05) is 5.92 Å². The van der Waals surface area contributed by atoms with E-state index in [1.54, 1.807) is 0 Å². The Kier molecular flexibility index (Phi) is 9.76. The van der Waals surface area contributed by atoms with E-state index in [-0.39, 0.29) is 42.7 Å². The Morgan fingerprint density at radius 3 is 2.58 bits per heavy atom. The van der Waals surface area contributed by atoms with E-state index in [1.807, 2.05) is 13.8 Å². The number of fused-ring (bicyclic) bond motifs is 1. The highest BCUT2D eigenvalue weighted by Crippen LogP contribution is 2.45. The van der Waals surface area contributed by atoms with E-state index in [1.165, 1.54) is 12.7 Å². The highest BCUT2D eigenvalue weighted by atomic mass is 16.5. The third-order valence-corrected chi connectivity index (χ3v) is 6.88. The number of carbonyl (C=O) groups is 2. The number of hydrogen-bond acceptors (Lipinski definition) is 6. The van der Waals surface area contributed by atoms with Crippen LogP contribution in [0.1, 0.15) is 66.2 Å². The van der Waals surface area contributed by atoms with Crippen LogP contribution in [0.4, 0.5) is 0 Å². The summed E-state index contributed by atoms with van der Waals surface area (Å²) in [5.41, 5.74) is 1.23. The van der Waals surface area contributed by atoms with Gasteiger partial charge in [0.2, 0.25) is 0 Å². The van der Waals surface area contributed by atoms with Crippen molar-refractivity contribution in [2.75, 3.05) is 7.11 Å². The molecule has 0 heterocycles. The van der Waals surface area contributed by atoms with Crippen LogP contribution < -0.4 is 0 Å². The van der Waals surface area contributed by atoms with E-state index in [2.05, 4.69) is 36.8 Å². The summed E-state index contributed by atoms with van der Waals surface area (Å²) in [4.78, 5) is 23.9. The molecule has 6 nitrogen and oxygen atoms in total. The fourth-order valence-electron chi connectivity index (χ4n) is 4.83. The van der Waals surface area contributed by atoms with Gasteiger partial charge >= 0.3 is 11.9 Å². The number of methoxy groups -OCH3 is 1. The quantitative estimate of drug-likeness (QED) is 0.506. The van der Waals surface area contributed by atoms with E-state index in [4.69, 9.17) is 4.74 Å². The van der Waals surface area contributed by atoms with Crippen molar-refractivity contribution in [3.05, 3.63) is 23.8 Å². The fraction of sp³-hybridized carbons (Fsp3) is 0.760. The summed E-state index contributed by atoms with van der Waals surface area (Å²) in [7, 11) is 1.28. The molecule has 8 atom stereocenters. The summed E-state index contributed by atoms with van der Waals surface area (Å²) < 4.78 is 10.6. The van der Waals surface area contributed by atoms with Crippen molar-refractivity contribution in [3.8, 4) is 0 Å². The van der Waals surface area contributed by atoms with E-state index >= 15 is 0 Å². The van der Waals surface area contributed by atoms with Gasteiger partial charge in [-0.3, -0.25) is 9.59 Å². The summed E-state index contributed by atoms with van der Waals surface area (Å²) in [5, 5.41) is 20.5. The molecule has 2 rings (SSSR count). The molecule has 2 aliphatic carbocycles. The van der Waals surface area contributed by atoms with Gasteiger partial charge in [-0.15, -0.1) is 0 Å². The summed E-state index contributed by atoms with van der Waals surface area (Å²) >= 11 is 0.